The van der Waals surface area contributed by atoms with Gasteiger partial charge >= 0.3 is 0 Å². The summed E-state index contributed by atoms with van der Waals surface area (Å²) >= 11 is 0. The SMILES string of the molecule is COc1ccc(CCC(=O)N[C@H]2CN(C(C)C)C[C@@H]2OC)cc1OC. The number of benzene rings is 1. The zero-order valence-electron chi connectivity index (χ0n) is 15.9. The van der Waals surface area contributed by atoms with Crippen LogP contribution in [0.1, 0.15) is 25.8 Å². The molecule has 1 saturated heterocycles. The van der Waals surface area contributed by atoms with Crippen LogP contribution in [0.5, 0.6) is 11.5 Å². The van der Waals surface area contributed by atoms with Gasteiger partial charge in [-0.3, -0.25) is 9.69 Å². The first-order valence-electron chi connectivity index (χ1n) is 8.75. The fourth-order valence-electron chi connectivity index (χ4n) is 3.18. The van der Waals surface area contributed by atoms with Crippen molar-refractivity contribution in [2.24, 2.45) is 0 Å². The molecule has 1 aliphatic heterocycles. The third-order valence-electron chi connectivity index (χ3n) is 4.76. The van der Waals surface area contributed by atoms with Crippen molar-refractivity contribution in [3.63, 3.8) is 0 Å². The van der Waals surface area contributed by atoms with Gasteiger partial charge in [0.15, 0.2) is 11.5 Å². The standard InChI is InChI=1S/C19H30N2O4/c1-13(2)21-11-15(18(12-21)25-5)20-19(22)9-7-14-6-8-16(23-3)17(10-14)24-4/h6,8,10,13,15,18H,7,9,11-12H2,1-5H3,(H,20,22)/t15-,18-/m0/s1. The van der Waals surface area contributed by atoms with Crippen LogP contribution < -0.4 is 14.8 Å². The van der Waals surface area contributed by atoms with Crippen molar-refractivity contribution < 1.29 is 19.0 Å². The summed E-state index contributed by atoms with van der Waals surface area (Å²) in [6.45, 7) is 6.01. The molecule has 0 aliphatic carbocycles. The average molecular weight is 350 g/mol. The fourth-order valence-corrected chi connectivity index (χ4v) is 3.18. The number of hydrogen-bond acceptors (Lipinski definition) is 5. The van der Waals surface area contributed by atoms with E-state index in [4.69, 9.17) is 14.2 Å². The van der Waals surface area contributed by atoms with Gasteiger partial charge in [0.1, 0.15) is 0 Å². The Labute approximate surface area is 150 Å². The van der Waals surface area contributed by atoms with Gasteiger partial charge in [-0.1, -0.05) is 6.07 Å². The summed E-state index contributed by atoms with van der Waals surface area (Å²) in [6.07, 6.45) is 1.14. The van der Waals surface area contributed by atoms with Crippen LogP contribution in [-0.4, -0.2) is 63.4 Å². The number of aryl methyl sites for hydroxylation is 1. The first-order chi connectivity index (χ1) is 12.0. The number of nitrogens with one attached hydrogen (secondary N) is 1. The number of hydrogen-bond donors (Lipinski definition) is 1. The zero-order chi connectivity index (χ0) is 18.4. The number of carbonyl (C=O) groups excluding carboxylic acids is 1. The molecule has 0 aromatic heterocycles. The minimum atomic E-state index is 0.0466. The summed E-state index contributed by atoms with van der Waals surface area (Å²) in [7, 11) is 4.93. The van der Waals surface area contributed by atoms with Crippen LogP contribution in [-0.2, 0) is 16.0 Å². The normalized spacial score (nSPS) is 20.7. The molecule has 25 heavy (non-hydrogen) atoms. The third kappa shape index (κ3) is 5.09. The van der Waals surface area contributed by atoms with Gasteiger partial charge in [-0.2, -0.15) is 0 Å². The van der Waals surface area contributed by atoms with Gasteiger partial charge in [0.25, 0.3) is 0 Å². The van der Waals surface area contributed by atoms with E-state index in [1.165, 1.54) is 0 Å². The second-order valence-corrected chi connectivity index (χ2v) is 6.69. The Morgan fingerprint density at radius 1 is 1.20 bits per heavy atom. The van der Waals surface area contributed by atoms with Gasteiger partial charge in [0, 0.05) is 32.7 Å². The first kappa shape index (κ1) is 19.5. The molecule has 1 fully saturated rings. The van der Waals surface area contributed by atoms with E-state index in [-0.39, 0.29) is 18.1 Å². The molecule has 0 bridgehead atoms. The topological polar surface area (TPSA) is 60.0 Å². The van der Waals surface area contributed by atoms with Crippen LogP contribution in [0.2, 0.25) is 0 Å². The molecule has 1 aliphatic rings. The Kier molecular flexibility index (Phi) is 7.08. The maximum atomic E-state index is 12.3. The van der Waals surface area contributed by atoms with E-state index < -0.39 is 0 Å². The van der Waals surface area contributed by atoms with Gasteiger partial charge in [-0.05, 0) is 38.0 Å². The van der Waals surface area contributed by atoms with Crippen LogP contribution in [0.25, 0.3) is 0 Å². The Balaban J connectivity index is 1.88. The zero-order valence-corrected chi connectivity index (χ0v) is 15.9. The van der Waals surface area contributed by atoms with Gasteiger partial charge in [-0.15, -0.1) is 0 Å². The molecule has 1 N–H and O–H groups in total. The van der Waals surface area contributed by atoms with Crippen LogP contribution in [0, 0.1) is 0 Å². The van der Waals surface area contributed by atoms with Crippen LogP contribution in [0.4, 0.5) is 0 Å². The minimum absolute atomic E-state index is 0.0466. The number of carbonyl (C=O) groups is 1. The van der Waals surface area contributed by atoms with Crippen molar-refractivity contribution in [1.82, 2.24) is 10.2 Å². The van der Waals surface area contributed by atoms with Crippen LogP contribution >= 0.6 is 0 Å². The summed E-state index contributed by atoms with van der Waals surface area (Å²) in [4.78, 5) is 14.7. The molecular weight excluding hydrogens is 320 g/mol. The van der Waals surface area contributed by atoms with Crippen molar-refractivity contribution in [2.75, 3.05) is 34.4 Å². The largest absolute Gasteiger partial charge is 0.493 e. The first-order valence-corrected chi connectivity index (χ1v) is 8.75. The van der Waals surface area contributed by atoms with Crippen molar-refractivity contribution in [3.8, 4) is 11.5 Å². The summed E-state index contributed by atoms with van der Waals surface area (Å²) in [5.74, 6) is 1.43. The van der Waals surface area contributed by atoms with E-state index in [0.717, 1.165) is 18.7 Å². The number of methoxy groups -OCH3 is 3. The molecule has 2 rings (SSSR count). The highest BCUT2D eigenvalue weighted by Crippen LogP contribution is 2.28. The van der Waals surface area contributed by atoms with Crippen molar-refractivity contribution in [3.05, 3.63) is 23.8 Å². The molecule has 0 saturated carbocycles. The van der Waals surface area contributed by atoms with Crippen LogP contribution in [0.3, 0.4) is 0 Å². The molecule has 1 amide bonds. The molecule has 0 spiro atoms. The Hall–Kier alpha value is -1.79. The molecule has 6 nitrogen and oxygen atoms in total. The quantitative estimate of drug-likeness (QED) is 0.775. The lowest BCUT2D eigenvalue weighted by Crippen LogP contribution is -2.43. The Bertz CT molecular complexity index is 577. The Morgan fingerprint density at radius 3 is 2.52 bits per heavy atom. The molecular formula is C19H30N2O4. The average Bonchev–Trinajstić information content (AvgIpc) is 3.02. The number of ether oxygens (including phenoxy) is 3. The number of amides is 1. The molecule has 1 heterocycles. The molecule has 0 unspecified atom stereocenters. The van der Waals surface area contributed by atoms with Gasteiger partial charge in [0.05, 0.1) is 26.4 Å². The molecule has 6 heteroatoms. The highest BCUT2D eigenvalue weighted by Gasteiger charge is 2.34. The number of likely N-dealkylation sites (tertiary alicyclic amines) is 1. The highest BCUT2D eigenvalue weighted by molar-refractivity contribution is 5.76. The lowest BCUT2D eigenvalue weighted by atomic mass is 10.1. The lowest BCUT2D eigenvalue weighted by Gasteiger charge is -2.20. The second-order valence-electron chi connectivity index (χ2n) is 6.69. The van der Waals surface area contributed by atoms with Gasteiger partial charge in [0.2, 0.25) is 5.91 Å². The third-order valence-corrected chi connectivity index (χ3v) is 4.76. The monoisotopic (exact) mass is 350 g/mol. The minimum Gasteiger partial charge on any atom is -0.493 e. The maximum Gasteiger partial charge on any atom is 0.220 e. The molecule has 2 atom stereocenters. The van der Waals surface area contributed by atoms with Crippen LogP contribution in [0.15, 0.2) is 18.2 Å². The highest BCUT2D eigenvalue weighted by atomic mass is 16.5. The molecule has 1 aromatic rings. The molecule has 1 aromatic carbocycles. The van der Waals surface area contributed by atoms with E-state index in [2.05, 4.69) is 24.1 Å². The van der Waals surface area contributed by atoms with Crippen molar-refractivity contribution >= 4 is 5.91 Å². The van der Waals surface area contributed by atoms with Gasteiger partial charge < -0.3 is 19.5 Å². The lowest BCUT2D eigenvalue weighted by molar-refractivity contribution is -0.122. The maximum absolute atomic E-state index is 12.3. The smallest absolute Gasteiger partial charge is 0.220 e. The fraction of sp³-hybridized carbons (Fsp3) is 0.632. The predicted octanol–water partition coefficient (Wildman–Crippen LogP) is 1.86. The summed E-state index contributed by atoms with van der Waals surface area (Å²) in [5.41, 5.74) is 1.05. The van der Waals surface area contributed by atoms with Crippen molar-refractivity contribution in [2.45, 2.75) is 44.9 Å². The van der Waals surface area contributed by atoms with E-state index in [0.29, 0.717) is 30.4 Å². The van der Waals surface area contributed by atoms with E-state index in [9.17, 15) is 4.79 Å². The summed E-state index contributed by atoms with van der Waals surface area (Å²) in [5, 5.41) is 3.12. The van der Waals surface area contributed by atoms with E-state index in [1.54, 1.807) is 21.3 Å². The van der Waals surface area contributed by atoms with E-state index >= 15 is 0 Å². The second kappa shape index (κ2) is 9.06. The number of nitrogens with zero attached hydrogens (tertiary/aromatic N) is 1. The predicted molar refractivity (Wildman–Crippen MR) is 97.3 cm³/mol. The number of rotatable bonds is 8. The summed E-state index contributed by atoms with van der Waals surface area (Å²) in [6, 6.07) is 6.24. The van der Waals surface area contributed by atoms with E-state index in [1.807, 2.05) is 18.2 Å². The Morgan fingerprint density at radius 2 is 1.92 bits per heavy atom. The van der Waals surface area contributed by atoms with Crippen molar-refractivity contribution in [1.29, 1.82) is 0 Å². The molecule has 140 valence electrons. The summed E-state index contributed by atoms with van der Waals surface area (Å²) < 4.78 is 16.1. The van der Waals surface area contributed by atoms with Gasteiger partial charge in [-0.25, -0.2) is 0 Å². The molecule has 0 radical (unpaired) electrons.